The molecule has 1 aliphatic rings. The van der Waals surface area contributed by atoms with Crippen molar-refractivity contribution in [3.8, 4) is 0 Å². The highest BCUT2D eigenvalue weighted by molar-refractivity contribution is 6.03. The minimum atomic E-state index is -0.384. The first-order valence-corrected chi connectivity index (χ1v) is 10.4. The van der Waals surface area contributed by atoms with Crippen LogP contribution in [0.2, 0.25) is 0 Å². The molecule has 164 valence electrons. The van der Waals surface area contributed by atoms with Crippen molar-refractivity contribution in [3.05, 3.63) is 66.4 Å². The Hall–Kier alpha value is -3.94. The molecule has 1 atom stereocenters. The largest absolute Gasteiger partial charge is 0.376 e. The van der Waals surface area contributed by atoms with Crippen molar-refractivity contribution < 1.29 is 9.59 Å². The zero-order valence-corrected chi connectivity index (χ0v) is 18.4. The zero-order valence-electron chi connectivity index (χ0n) is 18.4. The molecule has 8 nitrogen and oxygen atoms in total. The fourth-order valence-corrected chi connectivity index (χ4v) is 3.55. The second-order valence-corrected chi connectivity index (χ2v) is 8.13. The summed E-state index contributed by atoms with van der Waals surface area (Å²) in [5.41, 5.74) is 4.40. The molecule has 8 heteroatoms. The van der Waals surface area contributed by atoms with Crippen molar-refractivity contribution in [2.45, 2.75) is 13.3 Å². The molecule has 1 aromatic heterocycles. The lowest BCUT2D eigenvalue weighted by Crippen LogP contribution is -2.28. The summed E-state index contributed by atoms with van der Waals surface area (Å²) in [6.45, 7) is 2.38. The predicted octanol–water partition coefficient (Wildman–Crippen LogP) is 3.59. The third-order valence-corrected chi connectivity index (χ3v) is 5.42. The van der Waals surface area contributed by atoms with Crippen LogP contribution in [0.5, 0.6) is 0 Å². The Morgan fingerprint density at radius 3 is 2.44 bits per heavy atom. The summed E-state index contributed by atoms with van der Waals surface area (Å²) in [6, 6.07) is 17.0. The van der Waals surface area contributed by atoms with Gasteiger partial charge in [0, 0.05) is 50.2 Å². The van der Waals surface area contributed by atoms with Crippen LogP contribution in [0.25, 0.3) is 0 Å². The zero-order chi connectivity index (χ0) is 22.7. The summed E-state index contributed by atoms with van der Waals surface area (Å²) in [7, 11) is 3.88. The maximum atomic E-state index is 12.7. The van der Waals surface area contributed by atoms with Gasteiger partial charge in [-0.2, -0.15) is 5.10 Å². The Morgan fingerprint density at radius 1 is 1.06 bits per heavy atom. The van der Waals surface area contributed by atoms with Gasteiger partial charge in [0.15, 0.2) is 5.82 Å². The van der Waals surface area contributed by atoms with Crippen LogP contribution in [0, 0.1) is 12.8 Å². The second kappa shape index (κ2) is 9.05. The van der Waals surface area contributed by atoms with Crippen molar-refractivity contribution in [2.24, 2.45) is 5.92 Å². The average molecular weight is 431 g/mol. The monoisotopic (exact) mass is 430 g/mol. The first kappa shape index (κ1) is 21.3. The first-order valence-electron chi connectivity index (χ1n) is 10.4. The van der Waals surface area contributed by atoms with E-state index in [-0.39, 0.29) is 24.2 Å². The molecule has 1 fully saturated rings. The van der Waals surface area contributed by atoms with Gasteiger partial charge in [-0.3, -0.25) is 9.59 Å². The topological polar surface area (TPSA) is 90.5 Å². The van der Waals surface area contributed by atoms with Crippen molar-refractivity contribution >= 4 is 40.4 Å². The van der Waals surface area contributed by atoms with Crippen LogP contribution in [-0.2, 0) is 9.59 Å². The summed E-state index contributed by atoms with van der Waals surface area (Å²) in [5.74, 6) is 0.0622. The van der Waals surface area contributed by atoms with E-state index in [1.807, 2.05) is 80.5 Å². The molecule has 1 aliphatic heterocycles. The first-order chi connectivity index (χ1) is 15.4. The molecule has 1 saturated heterocycles. The number of nitrogens with one attached hydrogen (secondary N) is 2. The van der Waals surface area contributed by atoms with Gasteiger partial charge in [0.05, 0.1) is 17.8 Å². The minimum Gasteiger partial charge on any atom is -0.376 e. The number of hydrogen-bond donors (Lipinski definition) is 2. The van der Waals surface area contributed by atoms with Gasteiger partial charge in [-0.05, 0) is 43.3 Å². The number of aromatic nitrogens is 2. The van der Waals surface area contributed by atoms with E-state index in [1.54, 1.807) is 11.1 Å². The summed E-state index contributed by atoms with van der Waals surface area (Å²) in [6.07, 6.45) is 1.90. The van der Waals surface area contributed by atoms with Gasteiger partial charge < -0.3 is 20.4 Å². The van der Waals surface area contributed by atoms with E-state index in [9.17, 15) is 9.59 Å². The van der Waals surface area contributed by atoms with Gasteiger partial charge in [-0.15, -0.1) is 5.10 Å². The second-order valence-electron chi connectivity index (χ2n) is 8.13. The normalized spacial score (nSPS) is 15.5. The molecule has 3 aromatic rings. The molecule has 0 radical (unpaired) electrons. The fraction of sp³-hybridized carbons (Fsp3) is 0.250. The van der Waals surface area contributed by atoms with Crippen molar-refractivity contribution in [1.29, 1.82) is 0 Å². The third kappa shape index (κ3) is 4.85. The lowest BCUT2D eigenvalue weighted by Gasteiger charge is -2.17. The Kier molecular flexibility index (Phi) is 6.02. The quantitative estimate of drug-likeness (QED) is 0.621. The van der Waals surface area contributed by atoms with Gasteiger partial charge in [-0.25, -0.2) is 0 Å². The molecule has 0 aliphatic carbocycles. The number of rotatable bonds is 6. The molecule has 32 heavy (non-hydrogen) atoms. The van der Waals surface area contributed by atoms with E-state index in [0.717, 1.165) is 22.6 Å². The smallest absolute Gasteiger partial charge is 0.229 e. The highest BCUT2D eigenvalue weighted by Crippen LogP contribution is 2.27. The summed E-state index contributed by atoms with van der Waals surface area (Å²) < 4.78 is 0. The molecule has 0 saturated carbocycles. The molecule has 2 aromatic carbocycles. The number of carbonyl (C=O) groups is 2. The van der Waals surface area contributed by atoms with Crippen LogP contribution in [-0.4, -0.2) is 42.7 Å². The number of anilines is 5. The maximum Gasteiger partial charge on any atom is 0.229 e. The fourth-order valence-electron chi connectivity index (χ4n) is 3.55. The highest BCUT2D eigenvalue weighted by Gasteiger charge is 2.35. The van der Waals surface area contributed by atoms with Crippen LogP contribution in [0.1, 0.15) is 12.0 Å². The van der Waals surface area contributed by atoms with Gasteiger partial charge in [0.2, 0.25) is 11.8 Å². The standard InChI is InChI=1S/C24H26N6O2/c1-16-4-10-20(11-5-16)30-15-17(12-23(30)31)24(32)27-19-8-6-18(7-9-19)26-22-13-21(29(2)3)14-25-28-22/h4-11,13-14,17H,12,15H2,1-3H3,(H,26,28)(H,27,32). The van der Waals surface area contributed by atoms with Gasteiger partial charge >= 0.3 is 0 Å². The Bertz CT molecular complexity index is 1110. The van der Waals surface area contributed by atoms with E-state index in [2.05, 4.69) is 20.8 Å². The number of aryl methyl sites for hydroxylation is 1. The predicted molar refractivity (Wildman–Crippen MR) is 126 cm³/mol. The van der Waals surface area contributed by atoms with Crippen LogP contribution in [0.3, 0.4) is 0 Å². The molecule has 0 spiro atoms. The Labute approximate surface area is 187 Å². The minimum absolute atomic E-state index is 0.0328. The summed E-state index contributed by atoms with van der Waals surface area (Å²) >= 11 is 0. The van der Waals surface area contributed by atoms with Gasteiger partial charge in [0.25, 0.3) is 0 Å². The van der Waals surface area contributed by atoms with Crippen molar-refractivity contribution in [2.75, 3.05) is 41.1 Å². The van der Waals surface area contributed by atoms with Crippen LogP contribution < -0.4 is 20.4 Å². The van der Waals surface area contributed by atoms with E-state index < -0.39 is 0 Å². The lowest BCUT2D eigenvalue weighted by molar-refractivity contribution is -0.122. The van der Waals surface area contributed by atoms with E-state index >= 15 is 0 Å². The maximum absolute atomic E-state index is 12.7. The molecule has 4 rings (SSSR count). The molecule has 2 heterocycles. The summed E-state index contributed by atoms with van der Waals surface area (Å²) in [5, 5.41) is 14.2. The number of nitrogens with zero attached hydrogens (tertiary/aromatic N) is 4. The molecular weight excluding hydrogens is 404 g/mol. The highest BCUT2D eigenvalue weighted by atomic mass is 16.2. The van der Waals surface area contributed by atoms with E-state index in [1.165, 1.54) is 0 Å². The van der Waals surface area contributed by atoms with Crippen molar-refractivity contribution in [1.82, 2.24) is 10.2 Å². The Morgan fingerprint density at radius 2 is 1.75 bits per heavy atom. The molecule has 0 bridgehead atoms. The third-order valence-electron chi connectivity index (χ3n) is 5.42. The molecule has 2 amide bonds. The average Bonchev–Trinajstić information content (AvgIpc) is 3.17. The number of carbonyl (C=O) groups excluding carboxylic acids is 2. The number of hydrogen-bond acceptors (Lipinski definition) is 6. The molecular formula is C24H26N6O2. The Balaban J connectivity index is 1.36. The molecule has 2 N–H and O–H groups in total. The van der Waals surface area contributed by atoms with Crippen LogP contribution >= 0.6 is 0 Å². The molecule has 1 unspecified atom stereocenters. The van der Waals surface area contributed by atoms with E-state index in [0.29, 0.717) is 18.1 Å². The van der Waals surface area contributed by atoms with E-state index in [4.69, 9.17) is 0 Å². The summed E-state index contributed by atoms with van der Waals surface area (Å²) in [4.78, 5) is 28.8. The van der Waals surface area contributed by atoms with Gasteiger partial charge in [0.1, 0.15) is 0 Å². The lowest BCUT2D eigenvalue weighted by atomic mass is 10.1. The number of benzene rings is 2. The van der Waals surface area contributed by atoms with Crippen LogP contribution in [0.15, 0.2) is 60.8 Å². The SMILES string of the molecule is Cc1ccc(N2CC(C(=O)Nc3ccc(Nc4cc(N(C)C)cnn4)cc3)CC2=O)cc1. The number of amides is 2. The van der Waals surface area contributed by atoms with Crippen LogP contribution in [0.4, 0.5) is 28.6 Å². The van der Waals surface area contributed by atoms with Gasteiger partial charge in [-0.1, -0.05) is 17.7 Å². The van der Waals surface area contributed by atoms with Crippen molar-refractivity contribution in [3.63, 3.8) is 0 Å².